The largest absolute Gasteiger partial charge is 0.476 e. The molecular weight excluding hydrogens is 220 g/mol. The number of carboxylic acid groups (broad SMARTS) is 1. The molecule has 1 saturated heterocycles. The maximum absolute atomic E-state index is 10.7. The van der Waals surface area contributed by atoms with Crippen molar-refractivity contribution >= 4 is 12.0 Å². The van der Waals surface area contributed by atoms with E-state index in [-0.39, 0.29) is 5.69 Å². The topological polar surface area (TPSA) is 66.6 Å². The number of piperidine rings is 1. The first kappa shape index (κ1) is 12.0. The van der Waals surface area contributed by atoms with Crippen LogP contribution < -0.4 is 4.90 Å². The van der Waals surface area contributed by atoms with Crippen LogP contribution in [0.15, 0.2) is 10.7 Å². The van der Waals surface area contributed by atoms with Crippen LogP contribution in [-0.2, 0) is 0 Å². The summed E-state index contributed by atoms with van der Waals surface area (Å²) >= 11 is 0. The summed E-state index contributed by atoms with van der Waals surface area (Å²) in [6, 6.07) is 0.431. The number of oxazole rings is 1. The van der Waals surface area contributed by atoms with Gasteiger partial charge < -0.3 is 14.4 Å². The van der Waals surface area contributed by atoms with Crippen LogP contribution in [0.2, 0.25) is 0 Å². The Kier molecular flexibility index (Phi) is 3.09. The van der Waals surface area contributed by atoms with Gasteiger partial charge in [-0.25, -0.2) is 4.79 Å². The van der Waals surface area contributed by atoms with Gasteiger partial charge in [0.05, 0.1) is 0 Å². The predicted octanol–water partition coefficient (Wildman–Crippen LogP) is 2.39. The summed E-state index contributed by atoms with van der Waals surface area (Å²) in [7, 11) is 0. The number of hydrogen-bond acceptors (Lipinski definition) is 4. The van der Waals surface area contributed by atoms with Gasteiger partial charge in [-0.05, 0) is 18.3 Å². The SMILES string of the molecule is CCC1(C)CCN(c2nc(C(=O)O)co2)CC1. The van der Waals surface area contributed by atoms with Crippen LogP contribution in [0.3, 0.4) is 0 Å². The van der Waals surface area contributed by atoms with Crippen molar-refractivity contribution in [3.8, 4) is 0 Å². The highest BCUT2D eigenvalue weighted by molar-refractivity contribution is 5.85. The van der Waals surface area contributed by atoms with Crippen molar-refractivity contribution in [2.75, 3.05) is 18.0 Å². The number of carbonyl (C=O) groups is 1. The lowest BCUT2D eigenvalue weighted by Gasteiger charge is -2.38. The first-order valence-electron chi connectivity index (χ1n) is 5.98. The Morgan fingerprint density at radius 1 is 1.59 bits per heavy atom. The fraction of sp³-hybridized carbons (Fsp3) is 0.667. The van der Waals surface area contributed by atoms with Gasteiger partial charge in [-0.1, -0.05) is 20.3 Å². The Labute approximate surface area is 100 Å². The van der Waals surface area contributed by atoms with Crippen LogP contribution in [0.4, 0.5) is 6.01 Å². The van der Waals surface area contributed by atoms with Gasteiger partial charge >= 0.3 is 5.97 Å². The third-order valence-corrected chi connectivity index (χ3v) is 3.81. The van der Waals surface area contributed by atoms with E-state index < -0.39 is 5.97 Å². The Morgan fingerprint density at radius 3 is 2.71 bits per heavy atom. The zero-order valence-corrected chi connectivity index (χ0v) is 10.3. The molecule has 0 aliphatic carbocycles. The maximum Gasteiger partial charge on any atom is 0.357 e. The number of aromatic nitrogens is 1. The van der Waals surface area contributed by atoms with Crippen LogP contribution in [0.1, 0.15) is 43.6 Å². The van der Waals surface area contributed by atoms with E-state index in [0.29, 0.717) is 11.4 Å². The second-order valence-corrected chi connectivity index (χ2v) is 4.97. The lowest BCUT2D eigenvalue weighted by Crippen LogP contribution is -2.38. The van der Waals surface area contributed by atoms with Crippen molar-refractivity contribution in [2.45, 2.75) is 33.1 Å². The van der Waals surface area contributed by atoms with Crippen LogP contribution in [0, 0.1) is 5.41 Å². The molecule has 1 aromatic rings. The monoisotopic (exact) mass is 238 g/mol. The normalized spacial score (nSPS) is 19.3. The zero-order chi connectivity index (χ0) is 12.5. The Morgan fingerprint density at radius 2 is 2.24 bits per heavy atom. The molecule has 0 amide bonds. The van der Waals surface area contributed by atoms with Gasteiger partial charge in [0, 0.05) is 13.1 Å². The molecule has 0 saturated carbocycles. The number of carboxylic acids is 1. The van der Waals surface area contributed by atoms with E-state index >= 15 is 0 Å². The number of rotatable bonds is 3. The summed E-state index contributed by atoms with van der Waals surface area (Å²) < 4.78 is 5.20. The first-order valence-corrected chi connectivity index (χ1v) is 5.98. The van der Waals surface area contributed by atoms with Gasteiger partial charge in [0.1, 0.15) is 6.26 Å². The van der Waals surface area contributed by atoms with Crippen LogP contribution in [0.5, 0.6) is 0 Å². The van der Waals surface area contributed by atoms with Crippen LogP contribution in [-0.4, -0.2) is 29.1 Å². The molecule has 0 atom stereocenters. The Hall–Kier alpha value is -1.52. The standard InChI is InChI=1S/C12H18N2O3/c1-3-12(2)4-6-14(7-5-12)11-13-9(8-17-11)10(15)16/h8H,3-7H2,1-2H3,(H,15,16). The van der Waals surface area contributed by atoms with Gasteiger partial charge in [-0.15, -0.1) is 0 Å². The van der Waals surface area contributed by atoms with Crippen molar-refractivity contribution in [3.05, 3.63) is 12.0 Å². The summed E-state index contributed by atoms with van der Waals surface area (Å²) in [5.74, 6) is -1.05. The van der Waals surface area contributed by atoms with Crippen molar-refractivity contribution in [2.24, 2.45) is 5.41 Å². The minimum atomic E-state index is -1.05. The average molecular weight is 238 g/mol. The summed E-state index contributed by atoms with van der Waals surface area (Å²) in [6.07, 6.45) is 4.56. The van der Waals surface area contributed by atoms with Gasteiger partial charge in [-0.3, -0.25) is 0 Å². The smallest absolute Gasteiger partial charge is 0.357 e. The minimum absolute atomic E-state index is 0.0242. The Balaban J connectivity index is 2.03. The molecule has 2 heterocycles. The van der Waals surface area contributed by atoms with Crippen LogP contribution in [0.25, 0.3) is 0 Å². The second-order valence-electron chi connectivity index (χ2n) is 4.97. The molecule has 1 N–H and O–H groups in total. The van der Waals surface area contributed by atoms with E-state index in [0.717, 1.165) is 25.9 Å². The number of nitrogens with zero attached hydrogens (tertiary/aromatic N) is 2. The molecule has 0 bridgehead atoms. The van der Waals surface area contributed by atoms with E-state index in [2.05, 4.69) is 18.8 Å². The Bertz CT molecular complexity index is 406. The molecule has 2 rings (SSSR count). The van der Waals surface area contributed by atoms with Crippen molar-refractivity contribution in [3.63, 3.8) is 0 Å². The second kappa shape index (κ2) is 4.39. The van der Waals surface area contributed by atoms with Crippen molar-refractivity contribution in [1.29, 1.82) is 0 Å². The molecule has 0 unspecified atom stereocenters. The highest BCUT2D eigenvalue weighted by Crippen LogP contribution is 2.35. The zero-order valence-electron chi connectivity index (χ0n) is 10.3. The number of hydrogen-bond donors (Lipinski definition) is 1. The molecule has 5 nitrogen and oxygen atoms in total. The van der Waals surface area contributed by atoms with Crippen molar-refractivity contribution < 1.29 is 14.3 Å². The van der Waals surface area contributed by atoms with E-state index in [1.807, 2.05) is 4.90 Å². The molecule has 1 aromatic heterocycles. The van der Waals surface area contributed by atoms with Crippen molar-refractivity contribution in [1.82, 2.24) is 4.98 Å². The van der Waals surface area contributed by atoms with Gasteiger partial charge in [0.2, 0.25) is 0 Å². The van der Waals surface area contributed by atoms with Gasteiger partial charge in [0.15, 0.2) is 5.69 Å². The lowest BCUT2D eigenvalue weighted by atomic mass is 9.78. The third kappa shape index (κ3) is 2.43. The van der Waals surface area contributed by atoms with Gasteiger partial charge in [0.25, 0.3) is 6.01 Å². The molecular formula is C12H18N2O3. The first-order chi connectivity index (χ1) is 8.04. The summed E-state index contributed by atoms with van der Waals surface area (Å²) in [6.45, 7) is 6.26. The summed E-state index contributed by atoms with van der Waals surface area (Å²) in [5.41, 5.74) is 0.377. The highest BCUT2D eigenvalue weighted by atomic mass is 16.4. The molecule has 94 valence electrons. The average Bonchev–Trinajstić information content (AvgIpc) is 2.79. The molecule has 1 fully saturated rings. The van der Waals surface area contributed by atoms with E-state index in [9.17, 15) is 4.79 Å². The van der Waals surface area contributed by atoms with E-state index in [1.165, 1.54) is 12.7 Å². The van der Waals surface area contributed by atoms with Gasteiger partial charge in [-0.2, -0.15) is 4.98 Å². The molecule has 0 spiro atoms. The molecule has 5 heteroatoms. The fourth-order valence-corrected chi connectivity index (χ4v) is 2.10. The summed E-state index contributed by atoms with van der Waals surface area (Å²) in [5, 5.41) is 8.78. The number of anilines is 1. The third-order valence-electron chi connectivity index (χ3n) is 3.81. The maximum atomic E-state index is 10.7. The molecule has 0 aromatic carbocycles. The quantitative estimate of drug-likeness (QED) is 0.875. The minimum Gasteiger partial charge on any atom is -0.476 e. The van der Waals surface area contributed by atoms with E-state index in [4.69, 9.17) is 9.52 Å². The number of aromatic carboxylic acids is 1. The van der Waals surface area contributed by atoms with E-state index in [1.54, 1.807) is 0 Å². The fourth-order valence-electron chi connectivity index (χ4n) is 2.10. The molecule has 1 aliphatic heterocycles. The summed E-state index contributed by atoms with van der Waals surface area (Å²) in [4.78, 5) is 16.7. The molecule has 17 heavy (non-hydrogen) atoms. The van der Waals surface area contributed by atoms with Crippen LogP contribution >= 0.6 is 0 Å². The lowest BCUT2D eigenvalue weighted by molar-refractivity contribution is 0.0690. The molecule has 1 aliphatic rings. The molecule has 0 radical (unpaired) electrons. The highest BCUT2D eigenvalue weighted by Gasteiger charge is 2.30. The predicted molar refractivity (Wildman–Crippen MR) is 63.3 cm³/mol.